The molecule has 0 atom stereocenters. The molecule has 0 aliphatic carbocycles. The van der Waals surface area contributed by atoms with Gasteiger partial charge in [-0.15, -0.1) is 0 Å². The maximum Gasteiger partial charge on any atom is 0.266 e. The molecule has 0 heterocycles. The Bertz CT molecular complexity index is 1270. The summed E-state index contributed by atoms with van der Waals surface area (Å²) in [6.45, 7) is 2.08. The van der Waals surface area contributed by atoms with Gasteiger partial charge < -0.3 is 14.8 Å². The zero-order chi connectivity index (χ0) is 24.0. The summed E-state index contributed by atoms with van der Waals surface area (Å²) < 4.78 is 12.0. The van der Waals surface area contributed by atoms with E-state index in [0.717, 1.165) is 11.1 Å². The van der Waals surface area contributed by atoms with Gasteiger partial charge in [-0.2, -0.15) is 5.26 Å². The number of ether oxygens (including phenoxy) is 2. The average Bonchev–Trinajstić information content (AvgIpc) is 2.79. The van der Waals surface area contributed by atoms with Crippen LogP contribution in [0.1, 0.15) is 16.7 Å². The SMILES string of the molecule is COc1cc(/C=C(/C#N)C(=O)Nc2ccccc2C)c(Br)cc1OCc1ccc(Cl)cc1Cl. The van der Waals surface area contributed by atoms with Crippen LogP contribution in [0.5, 0.6) is 11.5 Å². The highest BCUT2D eigenvalue weighted by Gasteiger charge is 2.15. The first-order chi connectivity index (χ1) is 15.8. The summed E-state index contributed by atoms with van der Waals surface area (Å²) in [7, 11) is 1.51. The molecule has 0 aliphatic rings. The van der Waals surface area contributed by atoms with Crippen molar-refractivity contribution in [1.29, 1.82) is 5.26 Å². The number of anilines is 1. The van der Waals surface area contributed by atoms with Crippen LogP contribution in [0, 0.1) is 18.3 Å². The first kappa shape index (κ1) is 24.7. The lowest BCUT2D eigenvalue weighted by atomic mass is 10.1. The number of nitrogens with one attached hydrogen (secondary N) is 1. The Kier molecular flexibility index (Phi) is 8.40. The van der Waals surface area contributed by atoms with Crippen molar-refractivity contribution in [3.05, 3.63) is 91.4 Å². The molecule has 0 aliphatic heterocycles. The Balaban J connectivity index is 1.84. The van der Waals surface area contributed by atoms with Crippen molar-refractivity contribution in [3.8, 4) is 17.6 Å². The van der Waals surface area contributed by atoms with Crippen LogP contribution in [0.2, 0.25) is 10.0 Å². The fraction of sp³-hybridized carbons (Fsp3) is 0.120. The van der Waals surface area contributed by atoms with E-state index in [1.807, 2.05) is 31.2 Å². The molecule has 8 heteroatoms. The van der Waals surface area contributed by atoms with Crippen molar-refractivity contribution in [2.24, 2.45) is 0 Å². The maximum atomic E-state index is 12.7. The molecule has 3 aromatic carbocycles. The molecule has 0 radical (unpaired) electrons. The molecule has 3 rings (SSSR count). The minimum Gasteiger partial charge on any atom is -0.493 e. The van der Waals surface area contributed by atoms with Gasteiger partial charge >= 0.3 is 0 Å². The van der Waals surface area contributed by atoms with Crippen LogP contribution in [0.4, 0.5) is 5.69 Å². The molecule has 0 fully saturated rings. The molecule has 0 unspecified atom stereocenters. The standard InChI is InChI=1S/C25H19BrCl2N2O3/c1-15-5-3-4-6-22(15)30-25(31)18(13-29)9-17-10-23(32-2)24(12-20(17)26)33-14-16-7-8-19(27)11-21(16)28/h3-12H,14H2,1-2H3,(H,30,31)/b18-9-. The Morgan fingerprint density at radius 1 is 1.15 bits per heavy atom. The fourth-order valence-corrected chi connectivity index (χ4v) is 3.83. The summed E-state index contributed by atoms with van der Waals surface area (Å²) in [4.78, 5) is 12.7. The van der Waals surface area contributed by atoms with E-state index in [1.54, 1.807) is 36.4 Å². The van der Waals surface area contributed by atoms with E-state index in [9.17, 15) is 10.1 Å². The van der Waals surface area contributed by atoms with Gasteiger partial charge in [-0.3, -0.25) is 4.79 Å². The molecular weight excluding hydrogens is 527 g/mol. The van der Waals surface area contributed by atoms with E-state index in [2.05, 4.69) is 21.2 Å². The van der Waals surface area contributed by atoms with E-state index in [1.165, 1.54) is 13.2 Å². The number of para-hydroxylation sites is 1. The molecule has 168 valence electrons. The third-order valence-corrected chi connectivity index (χ3v) is 6.01. The molecule has 0 aromatic heterocycles. The van der Waals surface area contributed by atoms with Crippen molar-refractivity contribution in [2.45, 2.75) is 13.5 Å². The lowest BCUT2D eigenvalue weighted by Gasteiger charge is -2.14. The first-order valence-corrected chi connectivity index (χ1v) is 11.3. The summed E-state index contributed by atoms with van der Waals surface area (Å²) in [6, 6.07) is 17.9. The summed E-state index contributed by atoms with van der Waals surface area (Å²) >= 11 is 15.6. The van der Waals surface area contributed by atoms with Crippen LogP contribution < -0.4 is 14.8 Å². The maximum absolute atomic E-state index is 12.7. The number of aryl methyl sites for hydroxylation is 1. The van der Waals surface area contributed by atoms with Crippen molar-refractivity contribution in [3.63, 3.8) is 0 Å². The Morgan fingerprint density at radius 3 is 2.58 bits per heavy atom. The molecule has 0 saturated carbocycles. The lowest BCUT2D eigenvalue weighted by molar-refractivity contribution is -0.112. The number of amides is 1. The summed E-state index contributed by atoms with van der Waals surface area (Å²) in [5.74, 6) is 0.400. The van der Waals surface area contributed by atoms with Crippen LogP contribution >= 0.6 is 39.1 Å². The molecule has 33 heavy (non-hydrogen) atoms. The van der Waals surface area contributed by atoms with Crippen molar-refractivity contribution in [2.75, 3.05) is 12.4 Å². The number of halogens is 3. The number of carbonyl (C=O) groups excluding carboxylic acids is 1. The van der Waals surface area contributed by atoms with Crippen LogP contribution in [0.25, 0.3) is 6.08 Å². The largest absolute Gasteiger partial charge is 0.493 e. The van der Waals surface area contributed by atoms with Gasteiger partial charge in [0, 0.05) is 25.8 Å². The van der Waals surface area contributed by atoms with Crippen LogP contribution in [-0.2, 0) is 11.4 Å². The number of rotatable bonds is 7. The van der Waals surface area contributed by atoms with E-state index in [0.29, 0.717) is 37.3 Å². The van der Waals surface area contributed by atoms with Gasteiger partial charge in [0.2, 0.25) is 0 Å². The zero-order valence-electron chi connectivity index (χ0n) is 17.8. The minimum atomic E-state index is -0.504. The monoisotopic (exact) mass is 544 g/mol. The molecule has 0 spiro atoms. The quantitative estimate of drug-likeness (QED) is 0.252. The van der Waals surface area contributed by atoms with Gasteiger partial charge in [-0.25, -0.2) is 0 Å². The second-order valence-corrected chi connectivity index (χ2v) is 8.69. The number of hydrogen-bond donors (Lipinski definition) is 1. The Morgan fingerprint density at radius 2 is 1.91 bits per heavy atom. The molecule has 1 N–H and O–H groups in total. The number of methoxy groups -OCH3 is 1. The molecule has 5 nitrogen and oxygen atoms in total. The van der Waals surface area contributed by atoms with Gasteiger partial charge in [0.25, 0.3) is 5.91 Å². The molecule has 1 amide bonds. The fourth-order valence-electron chi connectivity index (χ4n) is 2.93. The number of benzene rings is 3. The molecule has 0 saturated heterocycles. The minimum absolute atomic E-state index is 0.0531. The number of nitrogens with zero attached hydrogens (tertiary/aromatic N) is 1. The van der Waals surface area contributed by atoms with E-state index in [-0.39, 0.29) is 12.2 Å². The number of hydrogen-bond acceptors (Lipinski definition) is 4. The Hall–Kier alpha value is -2.98. The average molecular weight is 546 g/mol. The van der Waals surface area contributed by atoms with E-state index < -0.39 is 5.91 Å². The molecule has 3 aromatic rings. The van der Waals surface area contributed by atoms with Crippen molar-refractivity contribution >= 4 is 56.8 Å². The highest BCUT2D eigenvalue weighted by molar-refractivity contribution is 9.10. The number of nitriles is 1. The second kappa shape index (κ2) is 11.2. The van der Waals surface area contributed by atoms with Gasteiger partial charge in [0.1, 0.15) is 18.2 Å². The Labute approximate surface area is 210 Å². The van der Waals surface area contributed by atoms with Crippen LogP contribution in [0.15, 0.2) is 64.6 Å². The van der Waals surface area contributed by atoms with Gasteiger partial charge in [-0.1, -0.05) is 63.4 Å². The highest BCUT2D eigenvalue weighted by atomic mass is 79.9. The topological polar surface area (TPSA) is 71.3 Å². The van der Waals surface area contributed by atoms with Crippen molar-refractivity contribution < 1.29 is 14.3 Å². The summed E-state index contributed by atoms with van der Waals surface area (Å²) in [5, 5.41) is 13.4. The molecular formula is C25H19BrCl2N2O3. The smallest absolute Gasteiger partial charge is 0.266 e. The zero-order valence-corrected chi connectivity index (χ0v) is 20.9. The highest BCUT2D eigenvalue weighted by Crippen LogP contribution is 2.35. The first-order valence-electron chi connectivity index (χ1n) is 9.75. The van der Waals surface area contributed by atoms with E-state index in [4.69, 9.17) is 32.7 Å². The van der Waals surface area contributed by atoms with Gasteiger partial charge in [0.05, 0.1) is 7.11 Å². The predicted octanol–water partition coefficient (Wildman–Crippen LogP) is 7.20. The van der Waals surface area contributed by atoms with Crippen LogP contribution in [0.3, 0.4) is 0 Å². The van der Waals surface area contributed by atoms with Crippen LogP contribution in [-0.4, -0.2) is 13.0 Å². The third-order valence-electron chi connectivity index (χ3n) is 4.74. The second-order valence-electron chi connectivity index (χ2n) is 6.99. The third kappa shape index (κ3) is 6.29. The normalized spacial score (nSPS) is 11.0. The number of carbonyl (C=O) groups is 1. The lowest BCUT2D eigenvalue weighted by Crippen LogP contribution is -2.14. The van der Waals surface area contributed by atoms with Crippen molar-refractivity contribution in [1.82, 2.24) is 0 Å². The molecule has 0 bridgehead atoms. The summed E-state index contributed by atoms with van der Waals surface area (Å²) in [5.41, 5.74) is 2.84. The van der Waals surface area contributed by atoms with E-state index >= 15 is 0 Å². The summed E-state index contributed by atoms with van der Waals surface area (Å²) in [6.07, 6.45) is 1.49. The predicted molar refractivity (Wildman–Crippen MR) is 135 cm³/mol. The van der Waals surface area contributed by atoms with Gasteiger partial charge in [0.15, 0.2) is 11.5 Å². The van der Waals surface area contributed by atoms with Gasteiger partial charge in [-0.05, 0) is 54.5 Å².